The number of aliphatic hydroxyl groups is 1. The molecule has 0 aromatic heterocycles. The molecule has 1 N–H and O–H groups in total. The minimum Gasteiger partial charge on any atom is -0.385 e. The van der Waals surface area contributed by atoms with Crippen LogP contribution in [0.15, 0.2) is 24.3 Å². The van der Waals surface area contributed by atoms with Crippen LogP contribution in [0.25, 0.3) is 0 Å². The Morgan fingerprint density at radius 3 is 2.44 bits per heavy atom. The largest absolute Gasteiger partial charge is 0.385 e. The molecule has 1 rings (SSSR count). The summed E-state index contributed by atoms with van der Waals surface area (Å²) in [6, 6.07) is 5.12. The van der Waals surface area contributed by atoms with Gasteiger partial charge in [-0.25, -0.2) is 12.8 Å². The average molecular weight is 376 g/mol. The van der Waals surface area contributed by atoms with Crippen LogP contribution in [0, 0.1) is 5.82 Å². The minimum absolute atomic E-state index is 0.166. The van der Waals surface area contributed by atoms with E-state index in [0.717, 1.165) is 12.3 Å². The van der Waals surface area contributed by atoms with Crippen LogP contribution < -0.4 is 0 Å². The fourth-order valence-corrected chi connectivity index (χ4v) is 2.14. The highest BCUT2D eigenvalue weighted by molar-refractivity contribution is 9.27. The van der Waals surface area contributed by atoms with Gasteiger partial charge in [0.25, 0.3) is 0 Å². The standard InChI is InChI=1S/C9H9Br2FO3S/c1-16(14,15)9(10,11)8(13)6-3-2-4-7(12)5-6/h2-5,8,13H,1H3/t8-/m0/s1. The van der Waals surface area contributed by atoms with E-state index in [2.05, 4.69) is 31.9 Å². The Morgan fingerprint density at radius 1 is 1.44 bits per heavy atom. The van der Waals surface area contributed by atoms with Gasteiger partial charge in [-0.2, -0.15) is 0 Å². The second-order valence-electron chi connectivity index (χ2n) is 3.29. The number of rotatable bonds is 3. The summed E-state index contributed by atoms with van der Waals surface area (Å²) >= 11 is 5.77. The zero-order valence-corrected chi connectivity index (χ0v) is 12.2. The van der Waals surface area contributed by atoms with Gasteiger partial charge in [0, 0.05) is 6.26 Å². The second kappa shape index (κ2) is 4.72. The molecule has 1 atom stereocenters. The number of halogens is 3. The van der Waals surface area contributed by atoms with Gasteiger partial charge >= 0.3 is 0 Å². The highest BCUT2D eigenvalue weighted by Crippen LogP contribution is 2.43. The Kier molecular flexibility index (Phi) is 4.15. The van der Waals surface area contributed by atoms with Crippen molar-refractivity contribution in [1.82, 2.24) is 0 Å². The molecule has 0 aliphatic heterocycles. The van der Waals surface area contributed by atoms with E-state index in [1.807, 2.05) is 0 Å². The van der Waals surface area contributed by atoms with Gasteiger partial charge in [-0.05, 0) is 17.7 Å². The van der Waals surface area contributed by atoms with Crippen LogP contribution in [0.5, 0.6) is 0 Å². The first kappa shape index (κ1) is 14.1. The molecular formula is C9H9Br2FO3S. The van der Waals surface area contributed by atoms with Gasteiger partial charge in [0.2, 0.25) is 2.57 Å². The molecule has 0 amide bonds. The van der Waals surface area contributed by atoms with Crippen LogP contribution in [0.2, 0.25) is 0 Å². The van der Waals surface area contributed by atoms with Crippen LogP contribution in [-0.2, 0) is 9.84 Å². The van der Waals surface area contributed by atoms with Crippen LogP contribution in [0.1, 0.15) is 11.7 Å². The van der Waals surface area contributed by atoms with Gasteiger partial charge in [0.1, 0.15) is 11.9 Å². The summed E-state index contributed by atoms with van der Waals surface area (Å²) in [4.78, 5) is 0. The van der Waals surface area contributed by atoms with E-state index in [-0.39, 0.29) is 5.56 Å². The first-order valence-electron chi connectivity index (χ1n) is 4.17. The first-order chi connectivity index (χ1) is 7.16. The summed E-state index contributed by atoms with van der Waals surface area (Å²) in [5.41, 5.74) is 0.166. The predicted octanol–water partition coefficient (Wildman–Crippen LogP) is 2.35. The van der Waals surface area contributed by atoms with Crippen molar-refractivity contribution in [2.24, 2.45) is 0 Å². The lowest BCUT2D eigenvalue weighted by atomic mass is 10.1. The van der Waals surface area contributed by atoms with E-state index in [9.17, 15) is 17.9 Å². The van der Waals surface area contributed by atoms with Crippen molar-refractivity contribution in [2.45, 2.75) is 8.67 Å². The molecule has 0 spiro atoms. The van der Waals surface area contributed by atoms with E-state index in [1.54, 1.807) is 0 Å². The summed E-state index contributed by atoms with van der Waals surface area (Å²) < 4.78 is 34.0. The Labute approximate surface area is 110 Å². The summed E-state index contributed by atoms with van der Waals surface area (Å²) in [6.07, 6.45) is -0.461. The molecule has 0 saturated carbocycles. The molecule has 7 heteroatoms. The molecule has 0 aliphatic carbocycles. The molecule has 0 bridgehead atoms. The molecule has 0 unspecified atom stereocenters. The van der Waals surface area contributed by atoms with E-state index in [1.165, 1.54) is 18.2 Å². The first-order valence-corrected chi connectivity index (χ1v) is 7.65. The van der Waals surface area contributed by atoms with Gasteiger partial charge < -0.3 is 5.11 Å². The van der Waals surface area contributed by atoms with E-state index in [4.69, 9.17) is 0 Å². The monoisotopic (exact) mass is 374 g/mol. The van der Waals surface area contributed by atoms with Crippen molar-refractivity contribution in [1.29, 1.82) is 0 Å². The van der Waals surface area contributed by atoms with Crippen molar-refractivity contribution in [3.63, 3.8) is 0 Å². The lowest BCUT2D eigenvalue weighted by Crippen LogP contribution is -2.31. The smallest absolute Gasteiger partial charge is 0.210 e. The molecule has 1 aromatic carbocycles. The van der Waals surface area contributed by atoms with Crippen LogP contribution in [0.3, 0.4) is 0 Å². The topological polar surface area (TPSA) is 54.4 Å². The molecule has 0 heterocycles. The van der Waals surface area contributed by atoms with Crippen LogP contribution >= 0.6 is 31.9 Å². The molecule has 16 heavy (non-hydrogen) atoms. The van der Waals surface area contributed by atoms with Gasteiger partial charge in [-0.15, -0.1) is 0 Å². The third-order valence-electron chi connectivity index (χ3n) is 1.98. The lowest BCUT2D eigenvalue weighted by Gasteiger charge is -2.24. The third kappa shape index (κ3) is 2.82. The summed E-state index contributed by atoms with van der Waals surface area (Å²) in [5.74, 6) is -0.541. The van der Waals surface area contributed by atoms with Gasteiger partial charge in [0.05, 0.1) is 0 Å². The van der Waals surface area contributed by atoms with Crippen molar-refractivity contribution in [3.05, 3.63) is 35.6 Å². The van der Waals surface area contributed by atoms with Crippen molar-refractivity contribution < 1.29 is 17.9 Å². The average Bonchev–Trinajstić information content (AvgIpc) is 2.14. The van der Waals surface area contributed by atoms with Gasteiger partial charge in [0.15, 0.2) is 9.84 Å². The molecule has 0 fully saturated rings. The lowest BCUT2D eigenvalue weighted by molar-refractivity contribution is 0.188. The number of alkyl halides is 2. The molecule has 3 nitrogen and oxygen atoms in total. The summed E-state index contributed by atoms with van der Waals surface area (Å²) in [7, 11) is -3.60. The molecule has 0 saturated heterocycles. The number of aliphatic hydroxyl groups excluding tert-OH is 1. The van der Waals surface area contributed by atoms with Gasteiger partial charge in [-0.1, -0.05) is 44.0 Å². The Bertz CT molecular complexity index is 487. The Morgan fingerprint density at radius 2 is 2.00 bits per heavy atom. The number of hydrogen-bond donors (Lipinski definition) is 1. The van der Waals surface area contributed by atoms with Crippen LogP contribution in [-0.4, -0.2) is 22.3 Å². The fourth-order valence-electron chi connectivity index (χ4n) is 1.07. The summed E-state index contributed by atoms with van der Waals surface area (Å²) in [5, 5.41) is 9.87. The molecule has 90 valence electrons. The zero-order chi connectivity index (χ0) is 12.6. The summed E-state index contributed by atoms with van der Waals surface area (Å²) in [6.45, 7) is 0. The van der Waals surface area contributed by atoms with Crippen molar-refractivity contribution >= 4 is 41.7 Å². The van der Waals surface area contributed by atoms with Crippen molar-refractivity contribution in [3.8, 4) is 0 Å². The highest BCUT2D eigenvalue weighted by Gasteiger charge is 2.43. The van der Waals surface area contributed by atoms with Gasteiger partial charge in [-0.3, -0.25) is 0 Å². The third-order valence-corrected chi connectivity index (χ3v) is 7.58. The number of hydrogen-bond acceptors (Lipinski definition) is 3. The Hall–Kier alpha value is 0.0200. The van der Waals surface area contributed by atoms with Crippen molar-refractivity contribution in [2.75, 3.05) is 6.26 Å². The molecule has 0 radical (unpaired) electrons. The molecule has 1 aromatic rings. The van der Waals surface area contributed by atoms with E-state index >= 15 is 0 Å². The van der Waals surface area contributed by atoms with E-state index in [0.29, 0.717) is 0 Å². The zero-order valence-electron chi connectivity index (χ0n) is 8.19. The predicted molar refractivity (Wildman–Crippen MR) is 66.8 cm³/mol. The number of benzene rings is 1. The quantitative estimate of drug-likeness (QED) is 0.825. The maximum absolute atomic E-state index is 12.9. The minimum atomic E-state index is -3.60. The SMILES string of the molecule is CS(=O)(=O)C(Br)(Br)[C@@H](O)c1cccc(F)c1. The maximum atomic E-state index is 12.9. The van der Waals surface area contributed by atoms with Crippen LogP contribution in [0.4, 0.5) is 4.39 Å². The molecular weight excluding hydrogens is 367 g/mol. The highest BCUT2D eigenvalue weighted by atomic mass is 79.9. The maximum Gasteiger partial charge on any atom is 0.210 e. The fraction of sp³-hybridized carbons (Fsp3) is 0.333. The Balaban J connectivity index is 3.17. The molecule has 0 aliphatic rings. The normalized spacial score (nSPS) is 14.8. The number of sulfone groups is 1. The second-order valence-corrected chi connectivity index (χ2v) is 10.1. The van der Waals surface area contributed by atoms with E-state index < -0.39 is 24.3 Å².